The third-order valence-corrected chi connectivity index (χ3v) is 7.59. The van der Waals surface area contributed by atoms with E-state index in [9.17, 15) is 13.2 Å². The summed E-state index contributed by atoms with van der Waals surface area (Å²) in [5, 5.41) is 2.81. The van der Waals surface area contributed by atoms with Crippen LogP contribution >= 0.6 is 11.8 Å². The van der Waals surface area contributed by atoms with Crippen molar-refractivity contribution in [2.45, 2.75) is 16.7 Å². The first kappa shape index (κ1) is 20.9. The zero-order valence-corrected chi connectivity index (χ0v) is 17.5. The van der Waals surface area contributed by atoms with Crippen LogP contribution in [0.2, 0.25) is 0 Å². The van der Waals surface area contributed by atoms with Crippen molar-refractivity contribution >= 4 is 33.4 Å². The van der Waals surface area contributed by atoms with Gasteiger partial charge in [0.1, 0.15) is 0 Å². The molecule has 150 valence electrons. The van der Waals surface area contributed by atoms with Crippen LogP contribution < -0.4 is 5.32 Å². The van der Waals surface area contributed by atoms with Gasteiger partial charge in [-0.15, -0.1) is 11.8 Å². The van der Waals surface area contributed by atoms with E-state index in [1.54, 1.807) is 24.3 Å². The monoisotopic (exact) mass is 419 g/mol. The van der Waals surface area contributed by atoms with E-state index in [1.807, 2.05) is 30.3 Å². The molecule has 0 aliphatic carbocycles. The van der Waals surface area contributed by atoms with Crippen molar-refractivity contribution in [3.8, 4) is 0 Å². The van der Waals surface area contributed by atoms with Crippen molar-refractivity contribution in [2.24, 2.45) is 0 Å². The van der Waals surface area contributed by atoms with E-state index in [2.05, 4.69) is 17.1 Å². The summed E-state index contributed by atoms with van der Waals surface area (Å²) < 4.78 is 27.1. The van der Waals surface area contributed by atoms with Gasteiger partial charge in [-0.25, -0.2) is 8.42 Å². The van der Waals surface area contributed by atoms with Crippen molar-refractivity contribution < 1.29 is 13.2 Å². The largest absolute Gasteiger partial charge is 0.325 e. The maximum Gasteiger partial charge on any atom is 0.243 e. The molecule has 0 spiro atoms. The molecular weight excluding hydrogens is 394 g/mol. The molecule has 28 heavy (non-hydrogen) atoms. The molecule has 2 aromatic rings. The summed E-state index contributed by atoms with van der Waals surface area (Å²) in [5.74, 6) is 0.173. The number of rotatable bonds is 7. The minimum absolute atomic E-state index is 0.125. The number of hydrogen-bond donors (Lipinski definition) is 1. The van der Waals surface area contributed by atoms with Crippen LogP contribution in [-0.2, 0) is 14.8 Å². The second kappa shape index (κ2) is 9.56. The van der Waals surface area contributed by atoms with E-state index in [-0.39, 0.29) is 10.8 Å². The molecule has 2 aromatic carbocycles. The maximum atomic E-state index is 12.8. The minimum atomic E-state index is -3.50. The van der Waals surface area contributed by atoms with Gasteiger partial charge in [-0.2, -0.15) is 4.31 Å². The van der Waals surface area contributed by atoms with Crippen LogP contribution in [0.25, 0.3) is 0 Å². The number of thioether (sulfide) groups is 1. The summed E-state index contributed by atoms with van der Waals surface area (Å²) in [5.41, 5.74) is 0.591. The summed E-state index contributed by atoms with van der Waals surface area (Å²) in [7, 11) is -3.50. The highest BCUT2D eigenvalue weighted by Crippen LogP contribution is 2.21. The average Bonchev–Trinajstić information content (AvgIpc) is 2.73. The number of carbonyl (C=O) groups is 1. The molecule has 0 atom stereocenters. The lowest BCUT2D eigenvalue weighted by Crippen LogP contribution is -2.48. The van der Waals surface area contributed by atoms with Gasteiger partial charge in [0, 0.05) is 36.8 Å². The van der Waals surface area contributed by atoms with Gasteiger partial charge < -0.3 is 10.2 Å². The predicted octanol–water partition coefficient (Wildman–Crippen LogP) is 2.74. The Hall–Kier alpha value is -1.87. The second-order valence-electron chi connectivity index (χ2n) is 6.51. The summed E-state index contributed by atoms with van der Waals surface area (Å²) in [6.45, 7) is 5.53. The molecular formula is C20H25N3O3S2. The van der Waals surface area contributed by atoms with Gasteiger partial charge in [0.05, 0.1) is 10.6 Å². The fourth-order valence-corrected chi connectivity index (χ4v) is 5.15. The number of amides is 1. The Morgan fingerprint density at radius 3 is 2.25 bits per heavy atom. The van der Waals surface area contributed by atoms with E-state index >= 15 is 0 Å². The molecule has 1 amide bonds. The molecule has 0 radical (unpaired) electrons. The van der Waals surface area contributed by atoms with E-state index in [0.29, 0.717) is 24.5 Å². The fourth-order valence-electron chi connectivity index (χ4n) is 3.01. The first-order valence-corrected chi connectivity index (χ1v) is 11.7. The van der Waals surface area contributed by atoms with Gasteiger partial charge in [0.2, 0.25) is 15.9 Å². The molecule has 1 aliphatic heterocycles. The highest BCUT2D eigenvalue weighted by Gasteiger charge is 2.27. The van der Waals surface area contributed by atoms with Crippen LogP contribution in [0.4, 0.5) is 5.69 Å². The van der Waals surface area contributed by atoms with E-state index < -0.39 is 10.0 Å². The lowest BCUT2D eigenvalue weighted by Gasteiger charge is -2.33. The lowest BCUT2D eigenvalue weighted by atomic mass is 10.3. The van der Waals surface area contributed by atoms with Gasteiger partial charge >= 0.3 is 0 Å². The molecule has 0 saturated carbocycles. The molecule has 1 fully saturated rings. The summed E-state index contributed by atoms with van der Waals surface area (Å²) >= 11 is 1.46. The Labute approximate surface area is 171 Å². The third kappa shape index (κ3) is 5.35. The lowest BCUT2D eigenvalue weighted by molar-refractivity contribution is -0.113. The van der Waals surface area contributed by atoms with E-state index in [1.165, 1.54) is 16.1 Å². The molecule has 1 heterocycles. The molecule has 1 aliphatic rings. The van der Waals surface area contributed by atoms with Crippen LogP contribution in [0.3, 0.4) is 0 Å². The van der Waals surface area contributed by atoms with Crippen LogP contribution in [0.15, 0.2) is 64.4 Å². The number of carbonyl (C=O) groups excluding carboxylic acids is 1. The number of anilines is 1. The molecule has 3 rings (SSSR count). The Bertz CT molecular complexity index is 879. The first-order valence-electron chi connectivity index (χ1n) is 9.29. The maximum absolute atomic E-state index is 12.8. The number of piperazine rings is 1. The molecule has 6 nitrogen and oxygen atoms in total. The Morgan fingerprint density at radius 1 is 1.00 bits per heavy atom. The van der Waals surface area contributed by atoms with Gasteiger partial charge in [-0.05, 0) is 42.9 Å². The minimum Gasteiger partial charge on any atom is -0.325 e. The van der Waals surface area contributed by atoms with Gasteiger partial charge in [0.15, 0.2) is 0 Å². The summed E-state index contributed by atoms with van der Waals surface area (Å²) in [6.07, 6.45) is 0. The molecule has 0 aromatic heterocycles. The standard InChI is InChI=1S/C20H25N3O3S2/c1-2-22-12-14-23(15-13-22)28(25,26)19-10-8-17(9-11-19)21-20(24)16-27-18-6-4-3-5-7-18/h3-11H,2,12-16H2,1H3,(H,21,24). The normalized spacial score (nSPS) is 16.0. The second-order valence-corrected chi connectivity index (χ2v) is 9.50. The van der Waals surface area contributed by atoms with Crippen LogP contribution in [-0.4, -0.2) is 62.0 Å². The van der Waals surface area contributed by atoms with Crippen molar-refractivity contribution in [1.82, 2.24) is 9.21 Å². The Morgan fingerprint density at radius 2 is 1.64 bits per heavy atom. The quantitative estimate of drug-likeness (QED) is 0.699. The van der Waals surface area contributed by atoms with E-state index in [4.69, 9.17) is 0 Å². The molecule has 1 saturated heterocycles. The van der Waals surface area contributed by atoms with Crippen molar-refractivity contribution in [3.63, 3.8) is 0 Å². The zero-order valence-electron chi connectivity index (χ0n) is 15.9. The number of nitrogens with zero attached hydrogens (tertiary/aromatic N) is 2. The fraction of sp³-hybridized carbons (Fsp3) is 0.350. The topological polar surface area (TPSA) is 69.7 Å². The number of nitrogens with one attached hydrogen (secondary N) is 1. The van der Waals surface area contributed by atoms with E-state index in [0.717, 1.165) is 24.5 Å². The number of benzene rings is 2. The summed E-state index contributed by atoms with van der Waals surface area (Å²) in [6, 6.07) is 16.1. The van der Waals surface area contributed by atoms with Gasteiger partial charge in [-0.3, -0.25) is 4.79 Å². The molecule has 1 N–H and O–H groups in total. The zero-order chi connectivity index (χ0) is 20.0. The van der Waals surface area contributed by atoms with Crippen LogP contribution in [0, 0.1) is 0 Å². The third-order valence-electron chi connectivity index (χ3n) is 4.67. The Balaban J connectivity index is 1.56. The number of likely N-dealkylation sites (N-methyl/N-ethyl adjacent to an activating group) is 1. The smallest absolute Gasteiger partial charge is 0.243 e. The number of sulfonamides is 1. The van der Waals surface area contributed by atoms with Crippen LogP contribution in [0.1, 0.15) is 6.92 Å². The van der Waals surface area contributed by atoms with Crippen molar-refractivity contribution in [1.29, 1.82) is 0 Å². The summed E-state index contributed by atoms with van der Waals surface area (Å²) in [4.78, 5) is 15.6. The number of hydrogen-bond acceptors (Lipinski definition) is 5. The predicted molar refractivity (Wildman–Crippen MR) is 113 cm³/mol. The highest BCUT2D eigenvalue weighted by molar-refractivity contribution is 8.00. The SMILES string of the molecule is CCN1CCN(S(=O)(=O)c2ccc(NC(=O)CSc3ccccc3)cc2)CC1. The van der Waals surface area contributed by atoms with Crippen molar-refractivity contribution in [2.75, 3.05) is 43.8 Å². The van der Waals surface area contributed by atoms with Gasteiger partial charge in [0.25, 0.3) is 0 Å². The first-order chi connectivity index (χ1) is 13.5. The molecule has 0 bridgehead atoms. The van der Waals surface area contributed by atoms with Crippen LogP contribution in [0.5, 0.6) is 0 Å². The van der Waals surface area contributed by atoms with Crippen molar-refractivity contribution in [3.05, 3.63) is 54.6 Å². The highest BCUT2D eigenvalue weighted by atomic mass is 32.2. The van der Waals surface area contributed by atoms with Gasteiger partial charge in [-0.1, -0.05) is 25.1 Å². The Kier molecular flexibility index (Phi) is 7.12. The molecule has 8 heteroatoms. The molecule has 0 unspecified atom stereocenters. The average molecular weight is 420 g/mol.